The van der Waals surface area contributed by atoms with Crippen molar-refractivity contribution in [2.24, 2.45) is 0 Å². The van der Waals surface area contributed by atoms with Crippen LogP contribution < -0.4 is 10.6 Å². The SMILES string of the molecule is CCOC(=O)C(=CNc1ccc(C(=O)NC)cc1)C(=O)OCC. The average molecular weight is 320 g/mol. The summed E-state index contributed by atoms with van der Waals surface area (Å²) in [5.41, 5.74) is 0.867. The van der Waals surface area contributed by atoms with Gasteiger partial charge in [0.15, 0.2) is 5.57 Å². The van der Waals surface area contributed by atoms with Gasteiger partial charge >= 0.3 is 11.9 Å². The van der Waals surface area contributed by atoms with Crippen LogP contribution in [0.4, 0.5) is 5.69 Å². The molecule has 0 atom stereocenters. The molecule has 0 aliphatic rings. The van der Waals surface area contributed by atoms with Crippen molar-refractivity contribution in [2.45, 2.75) is 13.8 Å². The number of rotatable bonds is 7. The highest BCUT2D eigenvalue weighted by Crippen LogP contribution is 2.11. The molecule has 2 N–H and O–H groups in total. The summed E-state index contributed by atoms with van der Waals surface area (Å²) in [5.74, 6) is -1.73. The zero-order chi connectivity index (χ0) is 17.2. The third kappa shape index (κ3) is 5.46. The number of amides is 1. The van der Waals surface area contributed by atoms with Crippen LogP contribution in [0.5, 0.6) is 0 Å². The minimum atomic E-state index is -0.763. The van der Waals surface area contributed by atoms with E-state index in [0.717, 1.165) is 0 Å². The Morgan fingerprint density at radius 1 is 1.00 bits per heavy atom. The highest BCUT2D eigenvalue weighted by Gasteiger charge is 2.20. The number of nitrogens with one attached hydrogen (secondary N) is 2. The van der Waals surface area contributed by atoms with Crippen LogP contribution in [0.25, 0.3) is 0 Å². The minimum Gasteiger partial charge on any atom is -0.462 e. The topological polar surface area (TPSA) is 93.7 Å². The van der Waals surface area contributed by atoms with Gasteiger partial charge < -0.3 is 20.1 Å². The van der Waals surface area contributed by atoms with Gasteiger partial charge in [0.2, 0.25) is 0 Å². The van der Waals surface area contributed by atoms with Crippen LogP contribution in [0.3, 0.4) is 0 Å². The molecule has 0 heterocycles. The maximum absolute atomic E-state index is 11.8. The van der Waals surface area contributed by atoms with Crippen molar-refractivity contribution in [1.29, 1.82) is 0 Å². The molecule has 7 nitrogen and oxygen atoms in total. The van der Waals surface area contributed by atoms with Gasteiger partial charge in [0.05, 0.1) is 13.2 Å². The van der Waals surface area contributed by atoms with E-state index in [0.29, 0.717) is 11.3 Å². The molecular formula is C16H20N2O5. The van der Waals surface area contributed by atoms with Crippen LogP contribution in [0.2, 0.25) is 0 Å². The number of anilines is 1. The van der Waals surface area contributed by atoms with E-state index in [4.69, 9.17) is 9.47 Å². The third-order valence-electron chi connectivity index (χ3n) is 2.75. The van der Waals surface area contributed by atoms with E-state index in [1.807, 2.05) is 0 Å². The summed E-state index contributed by atoms with van der Waals surface area (Å²) in [7, 11) is 1.54. The van der Waals surface area contributed by atoms with E-state index < -0.39 is 11.9 Å². The second-order valence-electron chi connectivity index (χ2n) is 4.30. The van der Waals surface area contributed by atoms with E-state index in [-0.39, 0.29) is 24.7 Å². The Morgan fingerprint density at radius 2 is 1.52 bits per heavy atom. The van der Waals surface area contributed by atoms with Gasteiger partial charge in [-0.2, -0.15) is 0 Å². The zero-order valence-corrected chi connectivity index (χ0v) is 13.3. The Morgan fingerprint density at radius 3 is 1.96 bits per heavy atom. The first-order valence-electron chi connectivity index (χ1n) is 7.16. The van der Waals surface area contributed by atoms with Crippen molar-refractivity contribution in [1.82, 2.24) is 5.32 Å². The number of hydrogen-bond acceptors (Lipinski definition) is 6. The smallest absolute Gasteiger partial charge is 0.347 e. The Hall–Kier alpha value is -2.83. The molecule has 23 heavy (non-hydrogen) atoms. The molecule has 1 amide bonds. The van der Waals surface area contributed by atoms with E-state index in [1.54, 1.807) is 45.2 Å². The summed E-state index contributed by atoms with van der Waals surface area (Å²) >= 11 is 0. The second-order valence-corrected chi connectivity index (χ2v) is 4.30. The lowest BCUT2D eigenvalue weighted by molar-refractivity contribution is -0.146. The molecule has 0 fully saturated rings. The van der Waals surface area contributed by atoms with Crippen molar-refractivity contribution >= 4 is 23.5 Å². The number of hydrogen-bond donors (Lipinski definition) is 2. The molecule has 1 aromatic rings. The lowest BCUT2D eigenvalue weighted by Gasteiger charge is -2.08. The van der Waals surface area contributed by atoms with Gasteiger partial charge in [-0.3, -0.25) is 4.79 Å². The maximum atomic E-state index is 11.8. The van der Waals surface area contributed by atoms with Crippen molar-refractivity contribution in [2.75, 3.05) is 25.6 Å². The number of carbonyl (C=O) groups excluding carboxylic acids is 3. The standard InChI is InChI=1S/C16H20N2O5/c1-4-22-15(20)13(16(21)23-5-2)10-18-12-8-6-11(7-9-12)14(19)17-3/h6-10,18H,4-5H2,1-3H3,(H,17,19). The summed E-state index contributed by atoms with van der Waals surface area (Å²) in [6, 6.07) is 6.52. The fourth-order valence-corrected chi connectivity index (χ4v) is 1.64. The van der Waals surface area contributed by atoms with Crippen LogP contribution in [0.1, 0.15) is 24.2 Å². The van der Waals surface area contributed by atoms with Crippen LogP contribution in [-0.4, -0.2) is 38.1 Å². The van der Waals surface area contributed by atoms with Crippen molar-refractivity contribution < 1.29 is 23.9 Å². The molecule has 1 aromatic carbocycles. The molecule has 0 unspecified atom stereocenters. The predicted molar refractivity (Wildman–Crippen MR) is 84.8 cm³/mol. The Balaban J connectivity index is 2.89. The monoisotopic (exact) mass is 320 g/mol. The number of carbonyl (C=O) groups is 3. The van der Waals surface area contributed by atoms with Gasteiger partial charge in [0, 0.05) is 24.5 Å². The van der Waals surface area contributed by atoms with E-state index in [2.05, 4.69) is 10.6 Å². The van der Waals surface area contributed by atoms with Crippen molar-refractivity contribution in [3.63, 3.8) is 0 Å². The first kappa shape index (κ1) is 18.2. The summed E-state index contributed by atoms with van der Waals surface area (Å²) < 4.78 is 9.65. The van der Waals surface area contributed by atoms with Gasteiger partial charge in [-0.05, 0) is 38.1 Å². The van der Waals surface area contributed by atoms with Gasteiger partial charge in [-0.25, -0.2) is 9.59 Å². The highest BCUT2D eigenvalue weighted by atomic mass is 16.6. The quantitative estimate of drug-likeness (QED) is 0.342. The molecule has 0 radical (unpaired) electrons. The fraction of sp³-hybridized carbons (Fsp3) is 0.312. The maximum Gasteiger partial charge on any atom is 0.347 e. The molecule has 0 saturated heterocycles. The molecular weight excluding hydrogens is 300 g/mol. The zero-order valence-electron chi connectivity index (χ0n) is 13.3. The summed E-state index contributed by atoms with van der Waals surface area (Å²) in [6.45, 7) is 3.59. The van der Waals surface area contributed by atoms with Crippen LogP contribution in [-0.2, 0) is 19.1 Å². The molecule has 0 bridgehead atoms. The largest absolute Gasteiger partial charge is 0.462 e. The first-order valence-corrected chi connectivity index (χ1v) is 7.16. The molecule has 0 aromatic heterocycles. The van der Waals surface area contributed by atoms with Crippen molar-refractivity contribution in [3.8, 4) is 0 Å². The summed E-state index contributed by atoms with van der Waals surface area (Å²) in [6.07, 6.45) is 1.23. The van der Waals surface area contributed by atoms with E-state index >= 15 is 0 Å². The Kier molecular flexibility index (Phi) is 7.32. The minimum absolute atomic E-state index is 0.149. The number of esters is 2. The molecule has 0 aliphatic heterocycles. The lowest BCUT2D eigenvalue weighted by atomic mass is 10.2. The molecule has 7 heteroatoms. The molecule has 1 rings (SSSR count). The highest BCUT2D eigenvalue weighted by molar-refractivity contribution is 6.14. The Labute approximate surface area is 134 Å². The predicted octanol–water partition coefficient (Wildman–Crippen LogP) is 1.47. The van der Waals surface area contributed by atoms with Crippen molar-refractivity contribution in [3.05, 3.63) is 41.6 Å². The molecule has 124 valence electrons. The van der Waals surface area contributed by atoms with Gasteiger partial charge in [0.1, 0.15) is 0 Å². The lowest BCUT2D eigenvalue weighted by Crippen LogP contribution is -2.19. The third-order valence-corrected chi connectivity index (χ3v) is 2.75. The van der Waals surface area contributed by atoms with Gasteiger partial charge in [0.25, 0.3) is 5.91 Å². The molecule has 0 spiro atoms. The van der Waals surface area contributed by atoms with Gasteiger partial charge in [-0.1, -0.05) is 0 Å². The Bertz CT molecular complexity index is 573. The van der Waals surface area contributed by atoms with Crippen LogP contribution in [0.15, 0.2) is 36.0 Å². The molecule has 0 saturated carbocycles. The van der Waals surface area contributed by atoms with Crippen LogP contribution >= 0.6 is 0 Å². The summed E-state index contributed by atoms with van der Waals surface area (Å²) in [5, 5.41) is 5.33. The summed E-state index contributed by atoms with van der Waals surface area (Å²) in [4.78, 5) is 35.0. The number of benzene rings is 1. The molecule has 0 aliphatic carbocycles. The second kappa shape index (κ2) is 9.24. The van der Waals surface area contributed by atoms with Crippen LogP contribution in [0, 0.1) is 0 Å². The average Bonchev–Trinajstić information content (AvgIpc) is 2.55. The van der Waals surface area contributed by atoms with E-state index in [1.165, 1.54) is 6.20 Å². The first-order chi connectivity index (χ1) is 11.0. The van der Waals surface area contributed by atoms with E-state index in [9.17, 15) is 14.4 Å². The fourth-order valence-electron chi connectivity index (χ4n) is 1.64. The van der Waals surface area contributed by atoms with Gasteiger partial charge in [-0.15, -0.1) is 0 Å². The number of ether oxygens (including phenoxy) is 2. The normalized spacial score (nSPS) is 9.52.